The predicted octanol–water partition coefficient (Wildman–Crippen LogP) is 0.360. The summed E-state index contributed by atoms with van der Waals surface area (Å²) in [5.41, 5.74) is 0.554. The lowest BCUT2D eigenvalue weighted by molar-refractivity contribution is 0.613. The van der Waals surface area contributed by atoms with Crippen LogP contribution in [0.2, 0.25) is 0 Å². The molecule has 0 aromatic carbocycles. The molecule has 0 fully saturated rings. The summed E-state index contributed by atoms with van der Waals surface area (Å²) in [7, 11) is -2.48. The molecule has 0 unspecified atom stereocenters. The number of pyridine rings is 1. The van der Waals surface area contributed by atoms with Crippen molar-refractivity contribution in [3.8, 4) is 0 Å². The maximum atomic E-state index is 10.4. The standard InChI is InChI=1S/C6H7NO2S/c1-5-6(10(8)9)3-2-4-7-5/h2-4,10H,1H3. The Labute approximate surface area is 60.7 Å². The Morgan fingerprint density at radius 1 is 1.50 bits per heavy atom. The van der Waals surface area contributed by atoms with Gasteiger partial charge >= 0.3 is 0 Å². The van der Waals surface area contributed by atoms with Crippen molar-refractivity contribution in [2.24, 2.45) is 0 Å². The lowest BCUT2D eigenvalue weighted by atomic mass is 10.4. The van der Waals surface area contributed by atoms with Gasteiger partial charge in [0.2, 0.25) is 0 Å². The van der Waals surface area contributed by atoms with E-state index in [0.717, 1.165) is 0 Å². The molecule has 1 heterocycles. The Morgan fingerprint density at radius 2 is 2.20 bits per heavy atom. The fraction of sp³-hybridized carbons (Fsp3) is 0.167. The van der Waals surface area contributed by atoms with Crippen LogP contribution in [-0.4, -0.2) is 13.4 Å². The molecule has 0 bridgehead atoms. The third kappa shape index (κ3) is 1.33. The molecular weight excluding hydrogens is 150 g/mol. The van der Waals surface area contributed by atoms with Crippen LogP contribution in [0.3, 0.4) is 0 Å². The fourth-order valence-electron chi connectivity index (χ4n) is 0.669. The highest BCUT2D eigenvalue weighted by atomic mass is 32.2. The highest BCUT2D eigenvalue weighted by Crippen LogP contribution is 2.03. The molecule has 0 atom stereocenters. The summed E-state index contributed by atoms with van der Waals surface area (Å²) >= 11 is 0. The van der Waals surface area contributed by atoms with Crippen LogP contribution < -0.4 is 0 Å². The second kappa shape index (κ2) is 2.79. The zero-order valence-electron chi connectivity index (χ0n) is 5.44. The van der Waals surface area contributed by atoms with E-state index in [-0.39, 0.29) is 0 Å². The van der Waals surface area contributed by atoms with Crippen LogP contribution in [0.1, 0.15) is 5.69 Å². The third-order valence-electron chi connectivity index (χ3n) is 1.18. The summed E-state index contributed by atoms with van der Waals surface area (Å²) in [4.78, 5) is 4.12. The van der Waals surface area contributed by atoms with Gasteiger partial charge < -0.3 is 0 Å². The van der Waals surface area contributed by atoms with Crippen LogP contribution in [-0.2, 0) is 10.7 Å². The SMILES string of the molecule is Cc1ncccc1[SH](=O)=O. The van der Waals surface area contributed by atoms with Gasteiger partial charge in [-0.05, 0) is 19.1 Å². The Kier molecular flexibility index (Phi) is 2.01. The van der Waals surface area contributed by atoms with E-state index >= 15 is 0 Å². The molecule has 10 heavy (non-hydrogen) atoms. The number of hydrogen-bond acceptors (Lipinski definition) is 3. The van der Waals surface area contributed by atoms with Crippen molar-refractivity contribution in [1.29, 1.82) is 0 Å². The second-order valence-corrected chi connectivity index (χ2v) is 2.86. The highest BCUT2D eigenvalue weighted by Gasteiger charge is 1.97. The normalized spacial score (nSPS) is 10.2. The first-order chi connectivity index (χ1) is 4.72. The zero-order chi connectivity index (χ0) is 7.56. The summed E-state index contributed by atoms with van der Waals surface area (Å²) in [6.07, 6.45) is 1.57. The third-order valence-corrected chi connectivity index (χ3v) is 2.04. The van der Waals surface area contributed by atoms with E-state index in [4.69, 9.17) is 0 Å². The summed E-state index contributed by atoms with van der Waals surface area (Å²) < 4.78 is 20.8. The van der Waals surface area contributed by atoms with Crippen LogP contribution in [0.5, 0.6) is 0 Å². The number of nitrogens with zero attached hydrogens (tertiary/aromatic N) is 1. The van der Waals surface area contributed by atoms with Crippen molar-refractivity contribution >= 4 is 10.7 Å². The number of hydrogen-bond donors (Lipinski definition) is 1. The van der Waals surface area contributed by atoms with E-state index in [0.29, 0.717) is 10.6 Å². The molecule has 0 aliphatic carbocycles. The van der Waals surface area contributed by atoms with Gasteiger partial charge in [0.1, 0.15) is 0 Å². The van der Waals surface area contributed by atoms with E-state index in [1.54, 1.807) is 19.2 Å². The highest BCUT2D eigenvalue weighted by molar-refractivity contribution is 7.72. The minimum atomic E-state index is -2.48. The molecule has 1 aromatic rings. The minimum absolute atomic E-state index is 0.303. The second-order valence-electron chi connectivity index (χ2n) is 1.87. The van der Waals surface area contributed by atoms with Gasteiger partial charge in [0.15, 0.2) is 10.7 Å². The maximum Gasteiger partial charge on any atom is 0.170 e. The molecule has 0 radical (unpaired) electrons. The predicted molar refractivity (Wildman–Crippen MR) is 37.6 cm³/mol. The van der Waals surface area contributed by atoms with Crippen LogP contribution in [0.25, 0.3) is 0 Å². The van der Waals surface area contributed by atoms with Crippen molar-refractivity contribution < 1.29 is 8.42 Å². The van der Waals surface area contributed by atoms with Crippen LogP contribution in [0.15, 0.2) is 23.2 Å². The van der Waals surface area contributed by atoms with E-state index in [2.05, 4.69) is 4.98 Å². The van der Waals surface area contributed by atoms with E-state index in [1.807, 2.05) is 0 Å². The largest absolute Gasteiger partial charge is 0.260 e. The minimum Gasteiger partial charge on any atom is -0.260 e. The molecule has 0 spiro atoms. The quantitative estimate of drug-likeness (QED) is 0.599. The molecule has 3 nitrogen and oxygen atoms in total. The van der Waals surface area contributed by atoms with Gasteiger partial charge in [0.05, 0.1) is 10.6 Å². The first kappa shape index (κ1) is 7.21. The molecule has 54 valence electrons. The summed E-state index contributed by atoms with van der Waals surface area (Å²) in [6.45, 7) is 1.67. The zero-order valence-corrected chi connectivity index (χ0v) is 6.34. The molecule has 1 aromatic heterocycles. The summed E-state index contributed by atoms with van der Waals surface area (Å²) in [5, 5.41) is 0. The van der Waals surface area contributed by atoms with E-state index < -0.39 is 10.7 Å². The fourth-order valence-corrected chi connectivity index (χ4v) is 1.20. The van der Waals surface area contributed by atoms with Gasteiger partial charge in [-0.2, -0.15) is 0 Å². The molecular formula is C6H7NO2S. The Hall–Kier alpha value is -0.900. The Bertz CT molecular complexity index is 298. The lowest BCUT2D eigenvalue weighted by Gasteiger charge is -1.92. The van der Waals surface area contributed by atoms with Gasteiger partial charge in [-0.15, -0.1) is 0 Å². The van der Waals surface area contributed by atoms with Gasteiger partial charge in [-0.25, -0.2) is 8.42 Å². The molecule has 0 saturated heterocycles. The van der Waals surface area contributed by atoms with Gasteiger partial charge in [0.25, 0.3) is 0 Å². The number of aryl methyl sites for hydroxylation is 1. The molecule has 1 rings (SSSR count). The first-order valence-corrected chi connectivity index (χ1v) is 3.95. The molecule has 0 saturated carbocycles. The van der Waals surface area contributed by atoms with Crippen LogP contribution in [0, 0.1) is 6.92 Å². The Morgan fingerprint density at radius 3 is 2.60 bits per heavy atom. The van der Waals surface area contributed by atoms with Gasteiger partial charge in [-0.1, -0.05) is 0 Å². The van der Waals surface area contributed by atoms with E-state index in [1.165, 1.54) is 6.07 Å². The number of aromatic nitrogens is 1. The van der Waals surface area contributed by atoms with Crippen molar-refractivity contribution in [3.05, 3.63) is 24.0 Å². The molecule has 0 N–H and O–H groups in total. The van der Waals surface area contributed by atoms with Crippen molar-refractivity contribution in [2.45, 2.75) is 11.8 Å². The summed E-state index contributed by atoms with van der Waals surface area (Å²) in [6, 6.07) is 3.14. The molecule has 0 amide bonds. The van der Waals surface area contributed by atoms with Crippen LogP contribution in [0.4, 0.5) is 0 Å². The Balaban J connectivity index is 3.28. The van der Waals surface area contributed by atoms with Crippen LogP contribution >= 0.6 is 0 Å². The van der Waals surface area contributed by atoms with E-state index in [9.17, 15) is 8.42 Å². The smallest absolute Gasteiger partial charge is 0.170 e. The summed E-state index contributed by atoms with van der Waals surface area (Å²) in [5.74, 6) is 0. The lowest BCUT2D eigenvalue weighted by Crippen LogP contribution is -1.87. The number of rotatable bonds is 1. The van der Waals surface area contributed by atoms with Crippen molar-refractivity contribution in [2.75, 3.05) is 0 Å². The monoisotopic (exact) mass is 157 g/mol. The first-order valence-electron chi connectivity index (χ1n) is 2.78. The van der Waals surface area contributed by atoms with Crippen molar-refractivity contribution in [3.63, 3.8) is 0 Å². The topological polar surface area (TPSA) is 47.0 Å². The van der Waals surface area contributed by atoms with Gasteiger partial charge in [0, 0.05) is 6.20 Å². The number of thiol groups is 1. The maximum absolute atomic E-state index is 10.4. The average molecular weight is 157 g/mol. The van der Waals surface area contributed by atoms with Gasteiger partial charge in [-0.3, -0.25) is 4.98 Å². The van der Waals surface area contributed by atoms with Crippen molar-refractivity contribution in [1.82, 2.24) is 4.98 Å². The average Bonchev–Trinajstić information content (AvgIpc) is 1.88. The molecule has 0 aliphatic heterocycles. The molecule has 0 aliphatic rings. The molecule has 4 heteroatoms.